The third-order valence-corrected chi connectivity index (χ3v) is 4.28. The van der Waals surface area contributed by atoms with Crippen molar-refractivity contribution in [3.63, 3.8) is 0 Å². The van der Waals surface area contributed by atoms with Crippen LogP contribution in [0.2, 0.25) is 0 Å². The van der Waals surface area contributed by atoms with Crippen LogP contribution in [0, 0.1) is 6.92 Å². The molecule has 134 valence electrons. The van der Waals surface area contributed by atoms with Gasteiger partial charge in [-0.2, -0.15) is 0 Å². The first-order chi connectivity index (χ1) is 12.3. The van der Waals surface area contributed by atoms with E-state index in [0.717, 1.165) is 11.3 Å². The second-order valence-electron chi connectivity index (χ2n) is 7.44. The third-order valence-electron chi connectivity index (χ3n) is 4.28. The maximum atomic E-state index is 12.4. The molecule has 0 fully saturated rings. The van der Waals surface area contributed by atoms with Crippen molar-refractivity contribution in [1.82, 2.24) is 4.98 Å². The third kappa shape index (κ3) is 4.20. The van der Waals surface area contributed by atoms with E-state index in [-0.39, 0.29) is 17.7 Å². The molecule has 0 saturated carbocycles. The van der Waals surface area contributed by atoms with Crippen LogP contribution in [0.1, 0.15) is 37.8 Å². The lowest BCUT2D eigenvalue weighted by molar-refractivity contribution is -0.115. The molecule has 4 nitrogen and oxygen atoms in total. The van der Waals surface area contributed by atoms with Gasteiger partial charge in [-0.15, -0.1) is 0 Å². The summed E-state index contributed by atoms with van der Waals surface area (Å²) in [5.41, 5.74) is 3.67. The molecule has 0 saturated heterocycles. The molecule has 0 aliphatic carbocycles. The molecule has 0 unspecified atom stereocenters. The minimum absolute atomic E-state index is 0.0915. The summed E-state index contributed by atoms with van der Waals surface area (Å²) in [6.45, 7) is 8.33. The average Bonchev–Trinajstić information content (AvgIpc) is 2.96. The Kier molecular flexibility index (Phi) is 4.94. The molecule has 1 N–H and O–H groups in total. The van der Waals surface area contributed by atoms with E-state index in [0.29, 0.717) is 17.3 Å². The Morgan fingerprint density at radius 2 is 1.69 bits per heavy atom. The van der Waals surface area contributed by atoms with Crippen LogP contribution in [-0.4, -0.2) is 10.9 Å². The van der Waals surface area contributed by atoms with E-state index in [1.165, 1.54) is 5.56 Å². The van der Waals surface area contributed by atoms with Gasteiger partial charge < -0.3 is 9.73 Å². The van der Waals surface area contributed by atoms with Crippen molar-refractivity contribution in [2.24, 2.45) is 0 Å². The fourth-order valence-corrected chi connectivity index (χ4v) is 2.71. The predicted molar refractivity (Wildman–Crippen MR) is 104 cm³/mol. The molecule has 0 aliphatic rings. The standard InChI is InChI=1S/C22H24N2O2/c1-15-19(24-21(26-15)16-8-6-5-7-9-16)14-20(25)23-18-12-10-17(11-13-18)22(2,3)4/h5-13H,14H2,1-4H3,(H,23,25). The molecule has 0 aliphatic heterocycles. The number of rotatable bonds is 4. The van der Waals surface area contributed by atoms with Gasteiger partial charge in [-0.25, -0.2) is 4.98 Å². The smallest absolute Gasteiger partial charge is 0.230 e. The molecular weight excluding hydrogens is 324 g/mol. The quantitative estimate of drug-likeness (QED) is 0.711. The fraction of sp³-hybridized carbons (Fsp3) is 0.273. The monoisotopic (exact) mass is 348 g/mol. The Morgan fingerprint density at radius 1 is 1.04 bits per heavy atom. The van der Waals surface area contributed by atoms with Gasteiger partial charge in [-0.1, -0.05) is 51.1 Å². The summed E-state index contributed by atoms with van der Waals surface area (Å²) in [5.74, 6) is 1.10. The molecule has 0 bridgehead atoms. The Morgan fingerprint density at radius 3 is 2.31 bits per heavy atom. The average molecular weight is 348 g/mol. The van der Waals surface area contributed by atoms with Gasteiger partial charge in [-0.05, 0) is 42.2 Å². The van der Waals surface area contributed by atoms with Crippen LogP contribution >= 0.6 is 0 Å². The highest BCUT2D eigenvalue weighted by Gasteiger charge is 2.16. The van der Waals surface area contributed by atoms with E-state index in [1.807, 2.05) is 61.5 Å². The molecule has 3 rings (SSSR count). The van der Waals surface area contributed by atoms with Gasteiger partial charge in [0.1, 0.15) is 5.76 Å². The minimum atomic E-state index is -0.107. The molecule has 0 atom stereocenters. The number of nitrogens with zero attached hydrogens (tertiary/aromatic N) is 1. The maximum Gasteiger partial charge on any atom is 0.230 e. The minimum Gasteiger partial charge on any atom is -0.441 e. The van der Waals surface area contributed by atoms with E-state index in [9.17, 15) is 4.79 Å². The van der Waals surface area contributed by atoms with Gasteiger partial charge in [0.05, 0.1) is 12.1 Å². The summed E-state index contributed by atoms with van der Waals surface area (Å²) in [6, 6.07) is 17.6. The van der Waals surface area contributed by atoms with E-state index < -0.39 is 0 Å². The van der Waals surface area contributed by atoms with Gasteiger partial charge >= 0.3 is 0 Å². The molecule has 0 spiro atoms. The zero-order valence-corrected chi connectivity index (χ0v) is 15.7. The molecule has 1 aromatic heterocycles. The van der Waals surface area contributed by atoms with Crippen molar-refractivity contribution >= 4 is 11.6 Å². The van der Waals surface area contributed by atoms with Crippen LogP contribution in [0.15, 0.2) is 59.0 Å². The Bertz CT molecular complexity index is 888. The van der Waals surface area contributed by atoms with Crippen LogP contribution in [-0.2, 0) is 16.6 Å². The number of nitrogens with one attached hydrogen (secondary N) is 1. The van der Waals surface area contributed by atoms with Gasteiger partial charge in [-0.3, -0.25) is 4.79 Å². The van der Waals surface area contributed by atoms with Crippen LogP contribution in [0.25, 0.3) is 11.5 Å². The molecule has 26 heavy (non-hydrogen) atoms. The zero-order chi connectivity index (χ0) is 18.7. The number of hydrogen-bond acceptors (Lipinski definition) is 3. The van der Waals surface area contributed by atoms with Crippen molar-refractivity contribution in [2.75, 3.05) is 5.32 Å². The van der Waals surface area contributed by atoms with Crippen LogP contribution < -0.4 is 5.32 Å². The second kappa shape index (κ2) is 7.16. The Balaban J connectivity index is 1.68. The summed E-state index contributed by atoms with van der Waals surface area (Å²) in [4.78, 5) is 16.8. The van der Waals surface area contributed by atoms with E-state index in [4.69, 9.17) is 4.42 Å². The van der Waals surface area contributed by atoms with Crippen molar-refractivity contribution < 1.29 is 9.21 Å². The number of hydrogen-bond donors (Lipinski definition) is 1. The summed E-state index contributed by atoms with van der Waals surface area (Å²) in [7, 11) is 0. The SMILES string of the molecule is Cc1oc(-c2ccccc2)nc1CC(=O)Nc1ccc(C(C)(C)C)cc1. The number of amides is 1. The molecule has 3 aromatic rings. The highest BCUT2D eigenvalue weighted by Crippen LogP contribution is 2.24. The zero-order valence-electron chi connectivity index (χ0n) is 15.7. The Hall–Kier alpha value is -2.88. The topological polar surface area (TPSA) is 55.1 Å². The van der Waals surface area contributed by atoms with Gasteiger partial charge in [0.25, 0.3) is 0 Å². The first kappa shape index (κ1) is 17.9. The lowest BCUT2D eigenvalue weighted by Crippen LogP contribution is -2.16. The fourth-order valence-electron chi connectivity index (χ4n) is 2.71. The molecular formula is C22H24N2O2. The van der Waals surface area contributed by atoms with E-state index in [2.05, 4.69) is 31.1 Å². The largest absolute Gasteiger partial charge is 0.441 e. The van der Waals surface area contributed by atoms with Crippen LogP contribution in [0.3, 0.4) is 0 Å². The number of carbonyl (C=O) groups excluding carboxylic acids is 1. The second-order valence-corrected chi connectivity index (χ2v) is 7.44. The number of benzene rings is 2. The summed E-state index contributed by atoms with van der Waals surface area (Å²) >= 11 is 0. The van der Waals surface area contributed by atoms with E-state index in [1.54, 1.807) is 0 Å². The first-order valence-electron chi connectivity index (χ1n) is 8.75. The Labute approximate surface area is 154 Å². The first-order valence-corrected chi connectivity index (χ1v) is 8.75. The van der Waals surface area contributed by atoms with Crippen molar-refractivity contribution in [2.45, 2.75) is 39.5 Å². The van der Waals surface area contributed by atoms with E-state index >= 15 is 0 Å². The molecule has 2 aromatic carbocycles. The number of anilines is 1. The number of aryl methyl sites for hydroxylation is 1. The highest BCUT2D eigenvalue weighted by molar-refractivity contribution is 5.92. The molecule has 1 amide bonds. The van der Waals surface area contributed by atoms with Crippen molar-refractivity contribution in [3.05, 3.63) is 71.6 Å². The summed E-state index contributed by atoms with van der Waals surface area (Å²) in [5, 5.41) is 2.92. The number of aromatic nitrogens is 1. The van der Waals surface area contributed by atoms with Gasteiger partial charge in [0.2, 0.25) is 11.8 Å². The van der Waals surface area contributed by atoms with Gasteiger partial charge in [0, 0.05) is 11.3 Å². The molecule has 1 heterocycles. The number of carbonyl (C=O) groups is 1. The normalized spacial score (nSPS) is 11.4. The van der Waals surface area contributed by atoms with Crippen LogP contribution in [0.5, 0.6) is 0 Å². The summed E-state index contributed by atoms with van der Waals surface area (Å²) in [6.07, 6.45) is 0.184. The van der Waals surface area contributed by atoms with Crippen LogP contribution in [0.4, 0.5) is 5.69 Å². The predicted octanol–water partition coefficient (Wildman–Crippen LogP) is 5.13. The highest BCUT2D eigenvalue weighted by atomic mass is 16.4. The molecule has 0 radical (unpaired) electrons. The molecule has 4 heteroatoms. The maximum absolute atomic E-state index is 12.4. The van der Waals surface area contributed by atoms with Gasteiger partial charge in [0.15, 0.2) is 0 Å². The lowest BCUT2D eigenvalue weighted by Gasteiger charge is -2.19. The van der Waals surface area contributed by atoms with Crippen molar-refractivity contribution in [3.8, 4) is 11.5 Å². The number of oxazole rings is 1. The van der Waals surface area contributed by atoms with Crippen molar-refractivity contribution in [1.29, 1.82) is 0 Å². The summed E-state index contributed by atoms with van der Waals surface area (Å²) < 4.78 is 5.71. The lowest BCUT2D eigenvalue weighted by atomic mass is 9.87.